The normalized spacial score (nSPS) is 10.3. The zero-order chi connectivity index (χ0) is 12.4. The minimum Gasteiger partial charge on any atom is -0.361 e. The van der Waals surface area contributed by atoms with Gasteiger partial charge in [-0.2, -0.15) is 0 Å². The highest BCUT2D eigenvalue weighted by molar-refractivity contribution is 9.10. The molecule has 2 aromatic rings. The maximum atomic E-state index is 11.9. The third kappa shape index (κ3) is 2.50. The van der Waals surface area contributed by atoms with Crippen molar-refractivity contribution in [2.24, 2.45) is 0 Å². The first-order valence-electron chi connectivity index (χ1n) is 4.76. The van der Waals surface area contributed by atoms with Crippen LogP contribution in [0.4, 0.5) is 5.69 Å². The lowest BCUT2D eigenvalue weighted by Gasteiger charge is -2.07. The SMILES string of the molecule is Cc1oncc1C(=O)Nc1cccc(Cl)c1Br. The minimum absolute atomic E-state index is 0.285. The van der Waals surface area contributed by atoms with E-state index in [4.69, 9.17) is 16.1 Å². The van der Waals surface area contributed by atoms with Gasteiger partial charge in [0.15, 0.2) is 0 Å². The minimum atomic E-state index is -0.285. The number of amides is 1. The van der Waals surface area contributed by atoms with E-state index in [1.165, 1.54) is 6.20 Å². The molecule has 1 aromatic carbocycles. The Kier molecular flexibility index (Phi) is 3.49. The number of benzene rings is 1. The molecule has 0 aliphatic carbocycles. The molecule has 2 rings (SSSR count). The van der Waals surface area contributed by atoms with Crippen molar-refractivity contribution in [2.45, 2.75) is 6.92 Å². The Morgan fingerprint density at radius 1 is 1.53 bits per heavy atom. The van der Waals surface area contributed by atoms with Gasteiger partial charge in [0.2, 0.25) is 0 Å². The van der Waals surface area contributed by atoms with Crippen molar-refractivity contribution in [1.29, 1.82) is 0 Å². The quantitative estimate of drug-likeness (QED) is 0.920. The molecular formula is C11H8BrClN2O2. The van der Waals surface area contributed by atoms with E-state index in [1.807, 2.05) is 0 Å². The van der Waals surface area contributed by atoms with Crippen LogP contribution < -0.4 is 5.32 Å². The van der Waals surface area contributed by atoms with Crippen LogP contribution in [0.15, 0.2) is 33.4 Å². The fourth-order valence-electron chi connectivity index (χ4n) is 1.31. The Morgan fingerprint density at radius 3 is 2.94 bits per heavy atom. The molecule has 1 amide bonds. The maximum Gasteiger partial charge on any atom is 0.260 e. The molecule has 0 aliphatic rings. The summed E-state index contributed by atoms with van der Waals surface area (Å²) in [6.45, 7) is 1.68. The summed E-state index contributed by atoms with van der Waals surface area (Å²) in [5.41, 5.74) is 1.000. The average Bonchev–Trinajstić information content (AvgIpc) is 2.71. The van der Waals surface area contributed by atoms with Crippen molar-refractivity contribution < 1.29 is 9.32 Å². The monoisotopic (exact) mass is 314 g/mol. The number of aromatic nitrogens is 1. The number of halogens is 2. The zero-order valence-corrected chi connectivity index (χ0v) is 11.2. The topological polar surface area (TPSA) is 55.1 Å². The fraction of sp³-hybridized carbons (Fsp3) is 0.0909. The highest BCUT2D eigenvalue weighted by Crippen LogP contribution is 2.30. The number of aryl methyl sites for hydroxylation is 1. The molecule has 1 N–H and O–H groups in total. The predicted molar refractivity (Wildman–Crippen MR) is 68.3 cm³/mol. The first-order chi connectivity index (χ1) is 8.09. The van der Waals surface area contributed by atoms with Gasteiger partial charge in [0.1, 0.15) is 11.3 Å². The lowest BCUT2D eigenvalue weighted by atomic mass is 10.2. The molecule has 0 saturated carbocycles. The number of hydrogen-bond donors (Lipinski definition) is 1. The van der Waals surface area contributed by atoms with E-state index in [-0.39, 0.29) is 5.91 Å². The number of carbonyl (C=O) groups excluding carboxylic acids is 1. The van der Waals surface area contributed by atoms with Crippen LogP contribution in [0.5, 0.6) is 0 Å². The van der Waals surface area contributed by atoms with E-state index in [2.05, 4.69) is 26.4 Å². The molecule has 17 heavy (non-hydrogen) atoms. The second kappa shape index (κ2) is 4.89. The molecule has 1 heterocycles. The molecule has 6 heteroatoms. The molecule has 0 saturated heterocycles. The van der Waals surface area contributed by atoms with Crippen LogP contribution in [-0.2, 0) is 0 Å². The average molecular weight is 316 g/mol. The van der Waals surface area contributed by atoms with Crippen LogP contribution in [-0.4, -0.2) is 11.1 Å². The number of anilines is 1. The molecule has 0 unspecified atom stereocenters. The van der Waals surface area contributed by atoms with Gasteiger partial charge in [0.25, 0.3) is 5.91 Å². The third-order valence-corrected chi connectivity index (χ3v) is 3.59. The van der Waals surface area contributed by atoms with Crippen molar-refractivity contribution >= 4 is 39.1 Å². The van der Waals surface area contributed by atoms with Crippen LogP contribution in [0.2, 0.25) is 5.02 Å². The van der Waals surface area contributed by atoms with Crippen molar-refractivity contribution in [3.63, 3.8) is 0 Å². The summed E-state index contributed by atoms with van der Waals surface area (Å²) in [7, 11) is 0. The Hall–Kier alpha value is -1.33. The standard InChI is InChI=1S/C11H8BrClN2O2/c1-6-7(5-14-17-6)11(16)15-9-4-2-3-8(13)10(9)12/h2-5H,1H3,(H,15,16). The Morgan fingerprint density at radius 2 is 2.29 bits per heavy atom. The van der Waals surface area contributed by atoms with Gasteiger partial charge in [0.05, 0.1) is 21.4 Å². The van der Waals surface area contributed by atoms with Crippen LogP contribution >= 0.6 is 27.5 Å². The van der Waals surface area contributed by atoms with Crippen LogP contribution in [0.25, 0.3) is 0 Å². The molecule has 4 nitrogen and oxygen atoms in total. The first kappa shape index (κ1) is 12.1. The molecule has 0 bridgehead atoms. The van der Waals surface area contributed by atoms with E-state index >= 15 is 0 Å². The van der Waals surface area contributed by atoms with Crippen LogP contribution in [0.1, 0.15) is 16.1 Å². The highest BCUT2D eigenvalue weighted by Gasteiger charge is 2.14. The van der Waals surface area contributed by atoms with Gasteiger partial charge < -0.3 is 9.84 Å². The lowest BCUT2D eigenvalue weighted by molar-refractivity contribution is 0.102. The third-order valence-electron chi connectivity index (χ3n) is 2.20. The molecule has 0 aliphatic heterocycles. The van der Waals surface area contributed by atoms with E-state index in [0.29, 0.717) is 26.5 Å². The Balaban J connectivity index is 2.25. The highest BCUT2D eigenvalue weighted by atomic mass is 79.9. The van der Waals surface area contributed by atoms with E-state index in [9.17, 15) is 4.79 Å². The van der Waals surface area contributed by atoms with Gasteiger partial charge in [-0.15, -0.1) is 0 Å². The zero-order valence-electron chi connectivity index (χ0n) is 8.83. The van der Waals surface area contributed by atoms with Gasteiger partial charge in [-0.1, -0.05) is 22.8 Å². The van der Waals surface area contributed by atoms with Gasteiger partial charge >= 0.3 is 0 Å². The molecule has 0 spiro atoms. The predicted octanol–water partition coefficient (Wildman–Crippen LogP) is 3.65. The van der Waals surface area contributed by atoms with E-state index in [1.54, 1.807) is 25.1 Å². The smallest absolute Gasteiger partial charge is 0.260 e. The molecule has 0 fully saturated rings. The maximum absolute atomic E-state index is 11.9. The fourth-order valence-corrected chi connectivity index (χ4v) is 1.84. The van der Waals surface area contributed by atoms with Gasteiger partial charge in [-0.05, 0) is 35.0 Å². The number of nitrogens with zero attached hydrogens (tertiary/aromatic N) is 1. The van der Waals surface area contributed by atoms with Gasteiger partial charge in [-0.25, -0.2) is 0 Å². The van der Waals surface area contributed by atoms with E-state index < -0.39 is 0 Å². The Labute approximate surface area is 111 Å². The van der Waals surface area contributed by atoms with Crippen molar-refractivity contribution in [3.8, 4) is 0 Å². The number of nitrogens with one attached hydrogen (secondary N) is 1. The van der Waals surface area contributed by atoms with Crippen molar-refractivity contribution in [1.82, 2.24) is 5.16 Å². The molecule has 88 valence electrons. The summed E-state index contributed by atoms with van der Waals surface area (Å²) in [6, 6.07) is 5.23. The summed E-state index contributed by atoms with van der Waals surface area (Å²) in [4.78, 5) is 11.9. The van der Waals surface area contributed by atoms with Crippen molar-refractivity contribution in [2.75, 3.05) is 5.32 Å². The van der Waals surface area contributed by atoms with Crippen molar-refractivity contribution in [3.05, 3.63) is 45.2 Å². The van der Waals surface area contributed by atoms with Gasteiger partial charge in [-0.3, -0.25) is 4.79 Å². The van der Waals surface area contributed by atoms with Crippen LogP contribution in [0, 0.1) is 6.92 Å². The molecule has 0 atom stereocenters. The largest absolute Gasteiger partial charge is 0.361 e. The number of rotatable bonds is 2. The summed E-state index contributed by atoms with van der Waals surface area (Å²) in [6.07, 6.45) is 1.38. The Bertz CT molecular complexity index is 568. The van der Waals surface area contributed by atoms with E-state index in [0.717, 1.165) is 0 Å². The lowest BCUT2D eigenvalue weighted by Crippen LogP contribution is -2.12. The number of carbonyl (C=O) groups is 1. The first-order valence-corrected chi connectivity index (χ1v) is 5.93. The second-order valence-corrected chi connectivity index (χ2v) is 4.55. The summed E-state index contributed by atoms with van der Waals surface area (Å²) in [5, 5.41) is 6.81. The molecular weight excluding hydrogens is 307 g/mol. The number of hydrogen-bond acceptors (Lipinski definition) is 3. The molecule has 0 radical (unpaired) electrons. The molecule has 1 aromatic heterocycles. The van der Waals surface area contributed by atoms with Crippen LogP contribution in [0.3, 0.4) is 0 Å². The summed E-state index contributed by atoms with van der Waals surface area (Å²) >= 11 is 9.23. The van der Waals surface area contributed by atoms with Gasteiger partial charge in [0, 0.05) is 0 Å². The summed E-state index contributed by atoms with van der Waals surface area (Å²) < 4.78 is 5.47. The summed E-state index contributed by atoms with van der Waals surface area (Å²) in [5.74, 6) is 0.187. The second-order valence-electron chi connectivity index (χ2n) is 3.35.